The van der Waals surface area contributed by atoms with Crippen molar-refractivity contribution in [2.75, 3.05) is 12.4 Å². The Labute approximate surface area is 179 Å². The number of aromatic nitrogens is 1. The molecule has 2 aromatic carbocycles. The molecule has 0 spiro atoms. The molecule has 0 radical (unpaired) electrons. The van der Waals surface area contributed by atoms with Gasteiger partial charge in [0.1, 0.15) is 17.1 Å². The van der Waals surface area contributed by atoms with Gasteiger partial charge in [-0.2, -0.15) is 0 Å². The summed E-state index contributed by atoms with van der Waals surface area (Å²) in [6, 6.07) is 14.0. The molecule has 5 nitrogen and oxygen atoms in total. The Balaban J connectivity index is 1.39. The van der Waals surface area contributed by atoms with E-state index < -0.39 is 0 Å². The summed E-state index contributed by atoms with van der Waals surface area (Å²) in [5.74, 6) is 1.11. The van der Waals surface area contributed by atoms with Crippen molar-refractivity contribution in [1.82, 2.24) is 4.98 Å². The zero-order valence-corrected chi connectivity index (χ0v) is 17.9. The lowest BCUT2D eigenvalue weighted by atomic mass is 10.0. The Hall–Kier alpha value is -3.38. The molecule has 30 heavy (non-hydrogen) atoms. The topological polar surface area (TPSA) is 64.4 Å². The normalized spacial score (nSPS) is 11.3. The van der Waals surface area contributed by atoms with Gasteiger partial charge in [-0.25, -0.2) is 4.98 Å². The average molecular weight is 419 g/mol. The van der Waals surface area contributed by atoms with Gasteiger partial charge in [0.05, 0.1) is 7.11 Å². The number of hydrogen-bond acceptors (Lipinski definition) is 5. The zero-order chi connectivity index (χ0) is 21.1. The van der Waals surface area contributed by atoms with Gasteiger partial charge in [0, 0.05) is 29.0 Å². The molecule has 4 rings (SSSR count). The van der Waals surface area contributed by atoms with E-state index in [1.807, 2.05) is 30.5 Å². The third kappa shape index (κ3) is 4.78. The first-order chi connectivity index (χ1) is 14.5. The van der Waals surface area contributed by atoms with Crippen LogP contribution in [0.25, 0.3) is 17.0 Å². The molecule has 4 aromatic rings. The standard InChI is InChI=1S/C24H22N2O3S/c1-15-8-16(2)10-17(9-15)11-21-14-25-24(30-21)26-23(27)7-5-20-13-18-12-19(28-3)4-6-22(18)29-20/h4-10,12-14H,11H2,1-3H3,(H,25,26,27)/b7-5+. The minimum atomic E-state index is -0.250. The van der Waals surface area contributed by atoms with Crippen LogP contribution >= 0.6 is 11.3 Å². The molecule has 152 valence electrons. The van der Waals surface area contributed by atoms with Crippen LogP contribution in [0.15, 0.2) is 59.2 Å². The van der Waals surface area contributed by atoms with Crippen LogP contribution in [-0.4, -0.2) is 18.0 Å². The monoisotopic (exact) mass is 418 g/mol. The van der Waals surface area contributed by atoms with Crippen molar-refractivity contribution in [3.63, 3.8) is 0 Å². The minimum Gasteiger partial charge on any atom is -0.497 e. The van der Waals surface area contributed by atoms with Gasteiger partial charge in [0.25, 0.3) is 0 Å². The second kappa shape index (κ2) is 8.55. The second-order valence-corrected chi connectivity index (χ2v) is 8.29. The smallest absolute Gasteiger partial charge is 0.250 e. The van der Waals surface area contributed by atoms with Crippen LogP contribution in [-0.2, 0) is 11.2 Å². The van der Waals surface area contributed by atoms with E-state index in [4.69, 9.17) is 9.15 Å². The number of fused-ring (bicyclic) bond motifs is 1. The van der Waals surface area contributed by atoms with Crippen molar-refractivity contribution < 1.29 is 13.9 Å². The summed E-state index contributed by atoms with van der Waals surface area (Å²) >= 11 is 1.48. The molecular weight excluding hydrogens is 396 g/mol. The summed E-state index contributed by atoms with van der Waals surface area (Å²) in [5, 5.41) is 4.32. The summed E-state index contributed by atoms with van der Waals surface area (Å²) in [4.78, 5) is 17.7. The molecule has 0 aliphatic carbocycles. The fourth-order valence-corrected chi connectivity index (χ4v) is 4.22. The highest BCUT2D eigenvalue weighted by molar-refractivity contribution is 7.15. The van der Waals surface area contributed by atoms with Crippen LogP contribution in [0.5, 0.6) is 5.75 Å². The first-order valence-corrected chi connectivity index (χ1v) is 10.4. The Morgan fingerprint density at radius 2 is 1.97 bits per heavy atom. The molecule has 2 aromatic heterocycles. The van der Waals surface area contributed by atoms with Crippen molar-refractivity contribution >= 4 is 39.4 Å². The fraction of sp³-hybridized carbons (Fsp3) is 0.167. The maximum Gasteiger partial charge on any atom is 0.250 e. The third-order valence-electron chi connectivity index (χ3n) is 4.59. The quantitative estimate of drug-likeness (QED) is 0.405. The van der Waals surface area contributed by atoms with Crippen molar-refractivity contribution in [2.45, 2.75) is 20.3 Å². The van der Waals surface area contributed by atoms with E-state index in [9.17, 15) is 4.79 Å². The summed E-state index contributed by atoms with van der Waals surface area (Å²) in [5.41, 5.74) is 4.48. The van der Waals surface area contributed by atoms with E-state index in [2.05, 4.69) is 42.3 Å². The highest BCUT2D eigenvalue weighted by atomic mass is 32.1. The molecule has 0 atom stereocenters. The van der Waals surface area contributed by atoms with E-state index in [1.54, 1.807) is 13.2 Å². The molecule has 1 amide bonds. The Kier molecular flexibility index (Phi) is 5.68. The number of aryl methyl sites for hydroxylation is 2. The molecule has 0 saturated carbocycles. The van der Waals surface area contributed by atoms with Gasteiger partial charge in [-0.05, 0) is 49.8 Å². The van der Waals surface area contributed by atoms with Crippen LogP contribution in [0.3, 0.4) is 0 Å². The maximum atomic E-state index is 12.3. The van der Waals surface area contributed by atoms with E-state index in [1.165, 1.54) is 34.1 Å². The molecule has 0 unspecified atom stereocenters. The molecule has 0 saturated heterocycles. The predicted molar refractivity (Wildman–Crippen MR) is 121 cm³/mol. The Morgan fingerprint density at radius 3 is 2.73 bits per heavy atom. The van der Waals surface area contributed by atoms with Crippen molar-refractivity contribution in [2.24, 2.45) is 0 Å². The number of nitrogens with zero attached hydrogens (tertiary/aromatic N) is 1. The number of amides is 1. The van der Waals surface area contributed by atoms with E-state index in [0.29, 0.717) is 10.9 Å². The third-order valence-corrected chi connectivity index (χ3v) is 5.50. The van der Waals surface area contributed by atoms with Gasteiger partial charge in [-0.15, -0.1) is 11.3 Å². The number of rotatable bonds is 6. The SMILES string of the molecule is COc1ccc2oc(/C=C/C(=O)Nc3ncc(Cc4cc(C)cc(C)c4)s3)cc2c1. The second-order valence-electron chi connectivity index (χ2n) is 7.18. The van der Waals surface area contributed by atoms with Crippen LogP contribution in [0.2, 0.25) is 0 Å². The van der Waals surface area contributed by atoms with Crippen molar-refractivity contribution in [1.29, 1.82) is 0 Å². The van der Waals surface area contributed by atoms with Gasteiger partial charge < -0.3 is 9.15 Å². The van der Waals surface area contributed by atoms with Crippen LogP contribution < -0.4 is 10.1 Å². The van der Waals surface area contributed by atoms with Gasteiger partial charge in [0.15, 0.2) is 5.13 Å². The number of benzene rings is 2. The average Bonchev–Trinajstić information content (AvgIpc) is 3.31. The molecule has 6 heteroatoms. The summed E-state index contributed by atoms with van der Waals surface area (Å²) < 4.78 is 10.9. The largest absolute Gasteiger partial charge is 0.497 e. The van der Waals surface area contributed by atoms with Crippen molar-refractivity contribution in [3.05, 3.63) is 82.1 Å². The Morgan fingerprint density at radius 1 is 1.17 bits per heavy atom. The van der Waals surface area contributed by atoms with E-state index >= 15 is 0 Å². The highest BCUT2D eigenvalue weighted by Gasteiger charge is 2.07. The zero-order valence-electron chi connectivity index (χ0n) is 17.1. The lowest BCUT2D eigenvalue weighted by molar-refractivity contribution is -0.111. The number of carbonyl (C=O) groups excluding carboxylic acids is 1. The first kappa shape index (κ1) is 19.9. The van der Waals surface area contributed by atoms with Gasteiger partial charge in [-0.3, -0.25) is 10.1 Å². The maximum absolute atomic E-state index is 12.3. The number of carbonyl (C=O) groups is 1. The van der Waals surface area contributed by atoms with Crippen LogP contribution in [0, 0.1) is 13.8 Å². The minimum absolute atomic E-state index is 0.250. The van der Waals surface area contributed by atoms with Crippen LogP contribution in [0.1, 0.15) is 27.3 Å². The van der Waals surface area contributed by atoms with Crippen molar-refractivity contribution in [3.8, 4) is 5.75 Å². The summed E-state index contributed by atoms with van der Waals surface area (Å²) in [7, 11) is 1.62. The first-order valence-electron chi connectivity index (χ1n) is 9.57. The van der Waals surface area contributed by atoms with Gasteiger partial charge in [0.2, 0.25) is 5.91 Å². The number of furan rings is 1. The number of hydrogen-bond donors (Lipinski definition) is 1. The molecule has 0 aliphatic heterocycles. The predicted octanol–water partition coefficient (Wildman–Crippen LogP) is 5.76. The van der Waals surface area contributed by atoms with Gasteiger partial charge >= 0.3 is 0 Å². The van der Waals surface area contributed by atoms with E-state index in [-0.39, 0.29) is 5.91 Å². The number of ether oxygens (including phenoxy) is 1. The number of thiazole rings is 1. The molecule has 2 heterocycles. The highest BCUT2D eigenvalue weighted by Crippen LogP contribution is 2.25. The van der Waals surface area contributed by atoms with E-state index in [0.717, 1.165) is 28.0 Å². The fourth-order valence-electron chi connectivity index (χ4n) is 3.38. The van der Waals surface area contributed by atoms with Gasteiger partial charge in [-0.1, -0.05) is 29.3 Å². The Bertz CT molecular complexity index is 1220. The molecular formula is C24H22N2O3S. The molecule has 0 fully saturated rings. The molecule has 1 N–H and O–H groups in total. The molecule has 0 bridgehead atoms. The number of nitrogens with one attached hydrogen (secondary N) is 1. The summed E-state index contributed by atoms with van der Waals surface area (Å²) in [6.45, 7) is 4.19. The number of methoxy groups -OCH3 is 1. The lowest BCUT2D eigenvalue weighted by Crippen LogP contribution is -2.06. The molecule has 0 aliphatic rings. The lowest BCUT2D eigenvalue weighted by Gasteiger charge is -2.03. The summed E-state index contributed by atoms with van der Waals surface area (Å²) in [6.07, 6.45) is 5.70. The number of anilines is 1. The van der Waals surface area contributed by atoms with Crippen LogP contribution in [0.4, 0.5) is 5.13 Å².